The maximum Gasteiger partial charge on any atom is 0.472 e. The molecule has 102 heavy (non-hydrogen) atoms. The second-order valence-electron chi connectivity index (χ2n) is 27.0. The average molecular weight is 1480 g/mol. The molecule has 0 fully saturated rings. The third-order valence-electron chi connectivity index (χ3n) is 17.0. The molecule has 0 bridgehead atoms. The predicted molar refractivity (Wildman–Crippen MR) is 418 cm³/mol. The van der Waals surface area contributed by atoms with E-state index >= 15 is 0 Å². The Balaban J connectivity index is 5.42. The Morgan fingerprint density at radius 2 is 0.490 bits per heavy atom. The first-order chi connectivity index (χ1) is 49.7. The van der Waals surface area contributed by atoms with Gasteiger partial charge in [0.05, 0.1) is 26.4 Å². The molecule has 0 aromatic heterocycles. The Kier molecular flexibility index (Phi) is 72.3. The molecule has 2 unspecified atom stereocenters. The number of hydrogen-bond donors (Lipinski definition) is 3. The minimum atomic E-state index is -4.99. The lowest BCUT2D eigenvalue weighted by Gasteiger charge is -2.21. The van der Waals surface area contributed by atoms with Crippen LogP contribution < -0.4 is 0 Å². The van der Waals surface area contributed by atoms with E-state index in [1.807, 2.05) is 12.2 Å². The Labute approximate surface area is 620 Å². The molecule has 0 saturated carbocycles. The minimum absolute atomic E-state index is 0.0187. The van der Waals surface area contributed by atoms with Crippen LogP contribution in [0.25, 0.3) is 0 Å². The van der Waals surface area contributed by atoms with E-state index in [9.17, 15) is 43.2 Å². The van der Waals surface area contributed by atoms with Gasteiger partial charge in [-0.3, -0.25) is 37.3 Å². The Morgan fingerprint density at radius 1 is 0.275 bits per heavy atom. The van der Waals surface area contributed by atoms with Gasteiger partial charge in [-0.25, -0.2) is 9.13 Å². The van der Waals surface area contributed by atoms with Crippen LogP contribution in [-0.2, 0) is 65.4 Å². The summed E-state index contributed by atoms with van der Waals surface area (Å²) < 4.78 is 68.6. The van der Waals surface area contributed by atoms with Gasteiger partial charge in [-0.2, -0.15) is 0 Å². The first-order valence-corrected chi connectivity index (χ1v) is 43.5. The zero-order chi connectivity index (χ0) is 74.6. The van der Waals surface area contributed by atoms with Crippen molar-refractivity contribution in [3.8, 4) is 0 Å². The molecule has 0 saturated heterocycles. The summed E-state index contributed by atoms with van der Waals surface area (Å²) in [4.78, 5) is 73.0. The van der Waals surface area contributed by atoms with Gasteiger partial charge in [-0.05, 0) is 148 Å². The van der Waals surface area contributed by atoms with Crippen molar-refractivity contribution in [1.29, 1.82) is 0 Å². The minimum Gasteiger partial charge on any atom is -0.462 e. The highest BCUT2D eigenvalue weighted by molar-refractivity contribution is 7.47. The van der Waals surface area contributed by atoms with Crippen molar-refractivity contribution >= 4 is 39.5 Å². The first-order valence-electron chi connectivity index (χ1n) is 40.5. The van der Waals surface area contributed by atoms with Crippen LogP contribution in [0.5, 0.6) is 0 Å². The van der Waals surface area contributed by atoms with Gasteiger partial charge in [-0.1, -0.05) is 273 Å². The molecule has 0 aliphatic carbocycles. The van der Waals surface area contributed by atoms with Crippen LogP contribution in [0.15, 0.2) is 97.2 Å². The third kappa shape index (κ3) is 74.3. The molecule has 0 amide bonds. The van der Waals surface area contributed by atoms with Gasteiger partial charge < -0.3 is 33.8 Å². The number of unbranched alkanes of at least 4 members (excludes halogenated alkanes) is 34. The van der Waals surface area contributed by atoms with Crippen molar-refractivity contribution in [3.63, 3.8) is 0 Å². The van der Waals surface area contributed by atoms with Gasteiger partial charge in [-0.15, -0.1) is 0 Å². The van der Waals surface area contributed by atoms with E-state index in [1.54, 1.807) is 0 Å². The van der Waals surface area contributed by atoms with Gasteiger partial charge in [0.25, 0.3) is 0 Å². The van der Waals surface area contributed by atoms with E-state index < -0.39 is 97.5 Å². The van der Waals surface area contributed by atoms with Crippen molar-refractivity contribution in [2.75, 3.05) is 39.6 Å². The number of esters is 4. The number of rotatable bonds is 76. The van der Waals surface area contributed by atoms with Crippen LogP contribution in [0, 0.1) is 0 Å². The summed E-state index contributed by atoms with van der Waals surface area (Å²) in [6.07, 6.45) is 79.6. The lowest BCUT2D eigenvalue weighted by Crippen LogP contribution is -2.30. The molecule has 0 aliphatic rings. The third-order valence-corrected chi connectivity index (χ3v) is 18.9. The summed E-state index contributed by atoms with van der Waals surface area (Å²) in [5, 5.41) is 10.6. The molecule has 0 aromatic carbocycles. The number of carbonyl (C=O) groups is 4. The van der Waals surface area contributed by atoms with E-state index in [0.717, 1.165) is 148 Å². The monoisotopic (exact) mass is 1480 g/mol. The van der Waals surface area contributed by atoms with Crippen LogP contribution in [0.4, 0.5) is 0 Å². The molecule has 5 atom stereocenters. The molecule has 0 aliphatic heterocycles. The Bertz CT molecular complexity index is 2310. The molecule has 0 aromatic rings. The average Bonchev–Trinajstić information content (AvgIpc) is 0.917. The number of carbonyl (C=O) groups excluding carboxylic acids is 4. The summed E-state index contributed by atoms with van der Waals surface area (Å²) in [5.74, 6) is -2.25. The van der Waals surface area contributed by atoms with Crippen molar-refractivity contribution < 1.29 is 80.2 Å². The molecular formula is C83H146O17P2. The first kappa shape index (κ1) is 98.0. The van der Waals surface area contributed by atoms with Crippen LogP contribution >= 0.6 is 15.6 Å². The van der Waals surface area contributed by atoms with Crippen molar-refractivity contribution in [3.05, 3.63) is 97.2 Å². The number of aliphatic hydroxyl groups is 1. The smallest absolute Gasteiger partial charge is 0.462 e. The molecular weight excluding hydrogens is 1330 g/mol. The summed E-state index contributed by atoms with van der Waals surface area (Å²) in [6.45, 7) is 4.75. The van der Waals surface area contributed by atoms with Gasteiger partial charge in [0.2, 0.25) is 0 Å². The number of aliphatic hydroxyl groups excluding tert-OH is 1. The van der Waals surface area contributed by atoms with Gasteiger partial charge in [0.1, 0.15) is 19.3 Å². The normalized spacial score (nSPS) is 14.4. The lowest BCUT2D eigenvalue weighted by molar-refractivity contribution is -0.161. The predicted octanol–water partition coefficient (Wildman–Crippen LogP) is 23.6. The summed E-state index contributed by atoms with van der Waals surface area (Å²) >= 11 is 0. The fraction of sp³-hybridized carbons (Fsp3) is 0.759. The molecule has 17 nitrogen and oxygen atoms in total. The quantitative estimate of drug-likeness (QED) is 0.0169. The molecule has 0 rings (SSSR count). The molecule has 0 heterocycles. The molecule has 0 radical (unpaired) electrons. The Hall–Kier alpha value is -4.02. The lowest BCUT2D eigenvalue weighted by atomic mass is 10.1. The SMILES string of the molecule is CCCCC/C=C\C/C=C\C/C=C\C/C=C\CCCC(=O)O[C@H](COC(=O)CCCCCCCCC/C=C\CCCCCC)COP(=O)(O)OC[C@H](O)COP(=O)(O)OC[C@@H](COC(=O)CCCCCCC/C=C\C/C=C\CCCCC)OC(=O)CCCCCCC/C=C\CCCCCCCC. The standard InChI is InChI=1S/C83H146O17P2/c1-5-9-13-17-21-25-29-33-37-38-42-46-50-54-58-62-66-70-83(88)100-79(74-94-81(86)68-64-60-56-52-48-44-40-35-31-27-23-19-15-11-7-3)76-98-102(91,92)96-72-77(84)71-95-101(89,90)97-75-78(99-82(87)69-65-61-57-53-49-45-41-36-32-28-24-20-16-12-8-4)73-93-80(85)67-63-59-55-51-47-43-39-34-30-26-22-18-14-10-6-2/h21-22,25-27,31,33-34,36-37,39,41-42,46,54,58,77-79,84H,5-20,23-24,28-30,32,35,38,40,43-45,47-53,55-57,59-76H2,1-4H3,(H,89,90)(H,91,92)/b25-21-,26-22-,31-27-,37-33-,39-34-,41-36-,46-42-,58-54-/t77-,78-,79-/m1/s1. The second-order valence-corrected chi connectivity index (χ2v) is 29.9. The van der Waals surface area contributed by atoms with Crippen LogP contribution in [0.3, 0.4) is 0 Å². The number of phosphoric acid groups is 2. The van der Waals surface area contributed by atoms with E-state index in [1.165, 1.54) is 116 Å². The highest BCUT2D eigenvalue weighted by Gasteiger charge is 2.30. The largest absolute Gasteiger partial charge is 0.472 e. The molecule has 590 valence electrons. The molecule has 0 spiro atoms. The number of hydrogen-bond acceptors (Lipinski definition) is 15. The molecule has 3 N–H and O–H groups in total. The maximum absolute atomic E-state index is 13.1. The number of ether oxygens (including phenoxy) is 4. The fourth-order valence-electron chi connectivity index (χ4n) is 10.8. The summed E-state index contributed by atoms with van der Waals surface area (Å²) in [6, 6.07) is 0. The fourth-order valence-corrected chi connectivity index (χ4v) is 12.3. The zero-order valence-electron chi connectivity index (χ0n) is 64.5. The zero-order valence-corrected chi connectivity index (χ0v) is 66.3. The second kappa shape index (κ2) is 75.2. The summed E-state index contributed by atoms with van der Waals surface area (Å²) in [7, 11) is -9.98. The van der Waals surface area contributed by atoms with Gasteiger partial charge >= 0.3 is 39.5 Å². The van der Waals surface area contributed by atoms with Gasteiger partial charge in [0.15, 0.2) is 12.2 Å². The van der Waals surface area contributed by atoms with Crippen LogP contribution in [0.1, 0.15) is 349 Å². The highest BCUT2D eigenvalue weighted by atomic mass is 31.2. The van der Waals surface area contributed by atoms with Crippen molar-refractivity contribution in [2.24, 2.45) is 0 Å². The number of phosphoric ester groups is 2. The summed E-state index contributed by atoms with van der Waals surface area (Å²) in [5.41, 5.74) is 0. The maximum atomic E-state index is 13.1. The van der Waals surface area contributed by atoms with Crippen LogP contribution in [-0.4, -0.2) is 96.7 Å². The van der Waals surface area contributed by atoms with E-state index in [0.29, 0.717) is 32.1 Å². The highest BCUT2D eigenvalue weighted by Crippen LogP contribution is 2.45. The topological polar surface area (TPSA) is 237 Å². The Morgan fingerprint density at radius 3 is 0.814 bits per heavy atom. The van der Waals surface area contributed by atoms with E-state index in [-0.39, 0.29) is 25.7 Å². The number of allylic oxidation sites excluding steroid dienone is 16. The van der Waals surface area contributed by atoms with Crippen molar-refractivity contribution in [2.45, 2.75) is 367 Å². The van der Waals surface area contributed by atoms with Crippen LogP contribution in [0.2, 0.25) is 0 Å². The van der Waals surface area contributed by atoms with Gasteiger partial charge in [0, 0.05) is 25.7 Å². The van der Waals surface area contributed by atoms with E-state index in [2.05, 4.69) is 113 Å². The van der Waals surface area contributed by atoms with Crippen molar-refractivity contribution in [1.82, 2.24) is 0 Å². The molecule has 19 heteroatoms. The van der Waals surface area contributed by atoms with E-state index in [4.69, 9.17) is 37.0 Å².